The van der Waals surface area contributed by atoms with Crippen LogP contribution in [0.25, 0.3) is 0 Å². The molecule has 2 N–H and O–H groups in total. The lowest BCUT2D eigenvalue weighted by Crippen LogP contribution is -2.44. The summed E-state index contributed by atoms with van der Waals surface area (Å²) in [5.41, 5.74) is 0.406. The molecule has 0 radical (unpaired) electrons. The molecular weight excluding hydrogens is 575 g/mol. The molecule has 13 heteroatoms. The van der Waals surface area contributed by atoms with Crippen molar-refractivity contribution < 1.29 is 27.5 Å². The van der Waals surface area contributed by atoms with E-state index in [-0.39, 0.29) is 41.2 Å². The zero-order valence-corrected chi connectivity index (χ0v) is 24.9. The van der Waals surface area contributed by atoms with E-state index in [1.54, 1.807) is 36.2 Å². The number of aryl methyl sites for hydroxylation is 1. The van der Waals surface area contributed by atoms with Crippen molar-refractivity contribution in [1.82, 2.24) is 24.7 Å². The van der Waals surface area contributed by atoms with Crippen LogP contribution in [-0.2, 0) is 17.5 Å². The van der Waals surface area contributed by atoms with Gasteiger partial charge in [0.1, 0.15) is 5.75 Å². The third-order valence-corrected chi connectivity index (χ3v) is 7.92. The number of carbonyl (C=O) groups excluding carboxylic acids is 2. The summed E-state index contributed by atoms with van der Waals surface area (Å²) < 4.78 is 48.0. The molecule has 2 fully saturated rings. The van der Waals surface area contributed by atoms with Crippen LogP contribution in [-0.4, -0.2) is 88.8 Å². The fourth-order valence-electron chi connectivity index (χ4n) is 5.29. The summed E-state index contributed by atoms with van der Waals surface area (Å²) in [7, 11) is 1.99. The van der Waals surface area contributed by atoms with Gasteiger partial charge in [-0.2, -0.15) is 18.2 Å². The number of hydrogen-bond donors (Lipinski definition) is 2. The lowest BCUT2D eigenvalue weighted by molar-refractivity contribution is -0.138. The van der Waals surface area contributed by atoms with E-state index in [0.717, 1.165) is 31.1 Å². The monoisotopic (exact) mass is 611 g/mol. The molecule has 2 aromatic carbocycles. The van der Waals surface area contributed by atoms with Gasteiger partial charge in [0.15, 0.2) is 0 Å². The molecule has 3 heterocycles. The molecule has 1 atom stereocenters. The molecule has 0 aliphatic carbocycles. The van der Waals surface area contributed by atoms with Gasteiger partial charge in [0.05, 0.1) is 5.56 Å². The van der Waals surface area contributed by atoms with Crippen molar-refractivity contribution in [1.29, 1.82) is 0 Å². The van der Waals surface area contributed by atoms with Gasteiger partial charge < -0.3 is 25.2 Å². The van der Waals surface area contributed by atoms with Crippen LogP contribution in [0.1, 0.15) is 40.4 Å². The van der Waals surface area contributed by atoms with Gasteiger partial charge in [-0.05, 0) is 55.8 Å². The lowest BCUT2D eigenvalue weighted by Gasteiger charge is -2.33. The number of ether oxygens (including phenoxy) is 1. The molecule has 1 unspecified atom stereocenters. The number of nitrogens with one attached hydrogen (secondary N) is 2. The first kappa shape index (κ1) is 31.2. The quantitative estimate of drug-likeness (QED) is 0.380. The minimum atomic E-state index is -4.57. The predicted molar refractivity (Wildman–Crippen MR) is 160 cm³/mol. The molecule has 1 aromatic heterocycles. The van der Waals surface area contributed by atoms with E-state index in [1.807, 2.05) is 11.9 Å². The SMILES string of the molecule is CC(=O)N1CCC(Nc2nccc(Oc3cc(C(=O)Nc4ccc(CN5CCN(C)CC5)c(C(F)(F)F)c4)ccc3C)n2)C1. The highest BCUT2D eigenvalue weighted by molar-refractivity contribution is 6.04. The third-order valence-electron chi connectivity index (χ3n) is 7.92. The minimum absolute atomic E-state index is 0.0154. The van der Waals surface area contributed by atoms with Gasteiger partial charge >= 0.3 is 6.18 Å². The van der Waals surface area contributed by atoms with E-state index in [1.165, 1.54) is 25.1 Å². The fraction of sp³-hybridized carbons (Fsp3) is 0.419. The van der Waals surface area contributed by atoms with E-state index >= 15 is 0 Å². The molecule has 5 rings (SSSR count). The second-order valence-electron chi connectivity index (χ2n) is 11.3. The normalized spacial score (nSPS) is 17.9. The molecule has 44 heavy (non-hydrogen) atoms. The molecule has 3 aromatic rings. The Hall–Kier alpha value is -4.23. The highest BCUT2D eigenvalue weighted by Gasteiger charge is 2.34. The molecule has 0 saturated carbocycles. The largest absolute Gasteiger partial charge is 0.439 e. The van der Waals surface area contributed by atoms with E-state index in [2.05, 4.69) is 25.5 Å². The van der Waals surface area contributed by atoms with Gasteiger partial charge in [0.25, 0.3) is 5.91 Å². The highest BCUT2D eigenvalue weighted by atomic mass is 19.4. The number of hydrogen-bond acceptors (Lipinski definition) is 8. The fourth-order valence-corrected chi connectivity index (χ4v) is 5.29. The van der Waals surface area contributed by atoms with Crippen LogP contribution in [0.3, 0.4) is 0 Å². The van der Waals surface area contributed by atoms with Crippen LogP contribution in [0, 0.1) is 6.92 Å². The zero-order valence-electron chi connectivity index (χ0n) is 24.9. The number of likely N-dealkylation sites (tertiary alicyclic amines) is 1. The first-order chi connectivity index (χ1) is 20.9. The van der Waals surface area contributed by atoms with Gasteiger partial charge in [-0.1, -0.05) is 12.1 Å². The average molecular weight is 612 g/mol. The zero-order chi connectivity index (χ0) is 31.4. The van der Waals surface area contributed by atoms with E-state index in [9.17, 15) is 22.8 Å². The standard InChI is InChI=1S/C31H36F3N7O3/c1-20-4-5-22(16-27(20)44-28-8-10-35-30(38-28)37-25-9-11-41(19-25)21(2)42)29(43)36-24-7-6-23(26(17-24)31(32,33)34)18-40-14-12-39(3)13-15-40/h4-8,10,16-17,25H,9,11-15,18-19H2,1-3H3,(H,36,43)(H,35,37,38). The Labute approximate surface area is 254 Å². The first-order valence-electron chi connectivity index (χ1n) is 14.5. The summed E-state index contributed by atoms with van der Waals surface area (Å²) in [6.45, 7) is 7.74. The third kappa shape index (κ3) is 7.83. The van der Waals surface area contributed by atoms with Crippen LogP contribution < -0.4 is 15.4 Å². The van der Waals surface area contributed by atoms with Crippen LogP contribution in [0.2, 0.25) is 0 Å². The Morgan fingerprint density at radius 2 is 1.82 bits per heavy atom. The summed E-state index contributed by atoms with van der Waals surface area (Å²) in [5.74, 6) is 0.405. The lowest BCUT2D eigenvalue weighted by atomic mass is 10.0. The van der Waals surface area contributed by atoms with E-state index in [4.69, 9.17) is 4.74 Å². The maximum atomic E-state index is 14.0. The van der Waals surface area contributed by atoms with Crippen LogP contribution in [0.4, 0.5) is 24.8 Å². The first-order valence-corrected chi connectivity index (χ1v) is 14.5. The summed E-state index contributed by atoms with van der Waals surface area (Å²) in [6.07, 6.45) is -2.25. The molecule has 2 saturated heterocycles. The Morgan fingerprint density at radius 1 is 1.05 bits per heavy atom. The van der Waals surface area contributed by atoms with Crippen molar-refractivity contribution >= 4 is 23.5 Å². The maximum Gasteiger partial charge on any atom is 0.416 e. The Morgan fingerprint density at radius 3 is 2.52 bits per heavy atom. The topological polar surface area (TPSA) is 103 Å². The number of amides is 2. The van der Waals surface area contributed by atoms with Crippen molar-refractivity contribution in [3.63, 3.8) is 0 Å². The van der Waals surface area contributed by atoms with E-state index < -0.39 is 17.6 Å². The van der Waals surface area contributed by atoms with Crippen molar-refractivity contribution in [2.24, 2.45) is 0 Å². The van der Waals surface area contributed by atoms with Gasteiger partial charge in [-0.25, -0.2) is 4.98 Å². The van der Waals surface area contributed by atoms with Gasteiger partial charge in [-0.15, -0.1) is 0 Å². The van der Waals surface area contributed by atoms with Crippen molar-refractivity contribution in [3.8, 4) is 11.6 Å². The number of likely N-dealkylation sites (N-methyl/N-ethyl adjacent to an activating group) is 1. The maximum absolute atomic E-state index is 14.0. The molecule has 234 valence electrons. The van der Waals surface area contributed by atoms with Gasteiger partial charge in [-0.3, -0.25) is 14.5 Å². The van der Waals surface area contributed by atoms with Crippen LogP contribution >= 0.6 is 0 Å². The Balaban J connectivity index is 1.26. The average Bonchev–Trinajstić information content (AvgIpc) is 3.45. The van der Waals surface area contributed by atoms with Crippen molar-refractivity contribution in [3.05, 3.63) is 70.9 Å². The summed E-state index contributed by atoms with van der Waals surface area (Å²) in [6, 6.07) is 10.3. The van der Waals surface area contributed by atoms with Crippen LogP contribution in [0.5, 0.6) is 11.6 Å². The van der Waals surface area contributed by atoms with Crippen LogP contribution in [0.15, 0.2) is 48.7 Å². The number of aromatic nitrogens is 2. The summed E-state index contributed by atoms with van der Waals surface area (Å²) >= 11 is 0. The molecule has 0 spiro atoms. The van der Waals surface area contributed by atoms with Gasteiger partial charge in [0.2, 0.25) is 17.7 Å². The number of anilines is 2. The predicted octanol–water partition coefficient (Wildman–Crippen LogP) is 4.63. The number of rotatable bonds is 8. The van der Waals surface area contributed by atoms with Crippen molar-refractivity contribution in [2.45, 2.75) is 39.0 Å². The number of nitrogens with zero attached hydrogens (tertiary/aromatic N) is 5. The summed E-state index contributed by atoms with van der Waals surface area (Å²) in [4.78, 5) is 39.3. The molecule has 2 aliphatic rings. The second-order valence-corrected chi connectivity index (χ2v) is 11.3. The molecule has 10 nitrogen and oxygen atoms in total. The van der Waals surface area contributed by atoms with Crippen molar-refractivity contribution in [2.75, 3.05) is 56.9 Å². The second kappa shape index (κ2) is 13.2. The number of carbonyl (C=O) groups is 2. The summed E-state index contributed by atoms with van der Waals surface area (Å²) in [5, 5.41) is 5.82. The number of benzene rings is 2. The Bertz CT molecular complexity index is 1510. The Kier molecular flexibility index (Phi) is 9.35. The highest BCUT2D eigenvalue weighted by Crippen LogP contribution is 2.35. The number of halogens is 3. The number of alkyl halides is 3. The van der Waals surface area contributed by atoms with Gasteiger partial charge in [0, 0.05) is 82.3 Å². The molecule has 2 amide bonds. The molecular formula is C31H36F3N7O3. The number of piperazine rings is 1. The molecule has 2 aliphatic heterocycles. The smallest absolute Gasteiger partial charge is 0.416 e. The van der Waals surface area contributed by atoms with E-state index in [0.29, 0.717) is 37.9 Å². The molecule has 0 bridgehead atoms. The minimum Gasteiger partial charge on any atom is -0.439 e.